The average molecular weight is 366 g/mol. The largest absolute Gasteiger partial charge is 0.492 e. The van der Waals surface area contributed by atoms with E-state index in [0.717, 1.165) is 24.8 Å². The molecule has 0 saturated heterocycles. The van der Waals surface area contributed by atoms with Crippen LogP contribution in [-0.2, 0) is 16.4 Å². The monoisotopic (exact) mass is 365 g/mol. The van der Waals surface area contributed by atoms with E-state index in [1.165, 1.54) is 17.7 Å². The van der Waals surface area contributed by atoms with Crippen LogP contribution in [0.2, 0.25) is 5.02 Å². The Kier molecular flexibility index (Phi) is 5.13. The first-order valence-electron chi connectivity index (χ1n) is 8.04. The molecule has 1 N–H and O–H groups in total. The van der Waals surface area contributed by atoms with Crippen molar-refractivity contribution >= 4 is 21.6 Å². The number of sulfonamides is 1. The van der Waals surface area contributed by atoms with Crippen molar-refractivity contribution in [1.29, 1.82) is 0 Å². The minimum atomic E-state index is -3.65. The lowest BCUT2D eigenvalue weighted by molar-refractivity contribution is 0.340. The normalized spacial score (nSPS) is 17.3. The molecular weight excluding hydrogens is 346 g/mol. The smallest absolute Gasteiger partial charge is 0.241 e. The van der Waals surface area contributed by atoms with Gasteiger partial charge in [-0.2, -0.15) is 0 Å². The number of nitrogens with one attached hydrogen (secondary N) is 1. The second-order valence-corrected chi connectivity index (χ2v) is 7.91. The van der Waals surface area contributed by atoms with Crippen molar-refractivity contribution in [2.75, 3.05) is 6.61 Å². The molecule has 0 amide bonds. The quantitative estimate of drug-likeness (QED) is 0.868. The molecule has 0 heterocycles. The van der Waals surface area contributed by atoms with E-state index >= 15 is 0 Å². The fraction of sp³-hybridized carbons (Fsp3) is 0.333. The molecule has 6 heteroatoms. The highest BCUT2D eigenvalue weighted by Crippen LogP contribution is 2.32. The Morgan fingerprint density at radius 3 is 2.79 bits per heavy atom. The van der Waals surface area contributed by atoms with Crippen molar-refractivity contribution in [1.82, 2.24) is 4.72 Å². The molecule has 2 aromatic carbocycles. The average Bonchev–Trinajstić information content (AvgIpc) is 2.57. The molecule has 0 radical (unpaired) electrons. The van der Waals surface area contributed by atoms with Gasteiger partial charge in [0, 0.05) is 6.04 Å². The first-order chi connectivity index (χ1) is 11.5. The van der Waals surface area contributed by atoms with E-state index in [9.17, 15) is 8.42 Å². The number of benzene rings is 2. The Balaban J connectivity index is 1.86. The molecule has 0 saturated carbocycles. The fourth-order valence-electron chi connectivity index (χ4n) is 3.05. The molecule has 1 aliphatic rings. The van der Waals surface area contributed by atoms with Gasteiger partial charge in [-0.15, -0.1) is 0 Å². The van der Waals surface area contributed by atoms with Crippen LogP contribution in [0, 0.1) is 0 Å². The predicted octanol–water partition coefficient (Wildman–Crippen LogP) is 4.09. The molecule has 24 heavy (non-hydrogen) atoms. The van der Waals surface area contributed by atoms with Crippen LogP contribution in [0.15, 0.2) is 47.4 Å². The lowest BCUT2D eigenvalue weighted by Crippen LogP contribution is -2.31. The van der Waals surface area contributed by atoms with Gasteiger partial charge in [0.25, 0.3) is 0 Å². The fourth-order valence-corrected chi connectivity index (χ4v) is 4.63. The zero-order valence-electron chi connectivity index (χ0n) is 13.5. The third kappa shape index (κ3) is 3.58. The number of hydrogen-bond acceptors (Lipinski definition) is 3. The summed E-state index contributed by atoms with van der Waals surface area (Å²) in [7, 11) is -3.65. The molecule has 128 valence electrons. The molecule has 1 atom stereocenters. The molecule has 0 unspecified atom stereocenters. The van der Waals surface area contributed by atoms with Crippen molar-refractivity contribution in [3.63, 3.8) is 0 Å². The van der Waals surface area contributed by atoms with E-state index in [1.54, 1.807) is 6.07 Å². The van der Waals surface area contributed by atoms with Gasteiger partial charge < -0.3 is 4.74 Å². The minimum Gasteiger partial charge on any atom is -0.492 e. The number of ether oxygens (including phenoxy) is 1. The maximum Gasteiger partial charge on any atom is 0.241 e. The molecule has 0 bridgehead atoms. The van der Waals surface area contributed by atoms with Gasteiger partial charge in [-0.25, -0.2) is 13.1 Å². The highest BCUT2D eigenvalue weighted by Gasteiger charge is 2.26. The molecular formula is C18H20ClNO3S. The Bertz CT molecular complexity index is 836. The zero-order valence-corrected chi connectivity index (χ0v) is 15.0. The van der Waals surface area contributed by atoms with Crippen molar-refractivity contribution in [2.24, 2.45) is 0 Å². The van der Waals surface area contributed by atoms with Crippen molar-refractivity contribution in [2.45, 2.75) is 37.1 Å². The number of hydrogen-bond donors (Lipinski definition) is 1. The second kappa shape index (κ2) is 7.13. The van der Waals surface area contributed by atoms with Crippen molar-refractivity contribution < 1.29 is 13.2 Å². The Morgan fingerprint density at radius 1 is 1.25 bits per heavy atom. The van der Waals surface area contributed by atoms with Gasteiger partial charge in [0.15, 0.2) is 0 Å². The van der Waals surface area contributed by atoms with E-state index in [-0.39, 0.29) is 10.9 Å². The molecule has 0 aliphatic heterocycles. The topological polar surface area (TPSA) is 55.4 Å². The van der Waals surface area contributed by atoms with E-state index in [1.807, 2.05) is 25.1 Å². The number of rotatable bonds is 5. The van der Waals surface area contributed by atoms with Gasteiger partial charge in [-0.1, -0.05) is 35.9 Å². The molecule has 3 rings (SSSR count). The second-order valence-electron chi connectivity index (χ2n) is 5.79. The van der Waals surface area contributed by atoms with Gasteiger partial charge in [0.05, 0.1) is 16.5 Å². The van der Waals surface area contributed by atoms with E-state index < -0.39 is 10.0 Å². The van der Waals surface area contributed by atoms with Gasteiger partial charge in [0.2, 0.25) is 10.0 Å². The maximum atomic E-state index is 12.7. The summed E-state index contributed by atoms with van der Waals surface area (Å²) in [6, 6.07) is 12.3. The van der Waals surface area contributed by atoms with E-state index in [4.69, 9.17) is 16.3 Å². The summed E-state index contributed by atoms with van der Waals surface area (Å²) in [6.45, 7) is 2.33. The van der Waals surface area contributed by atoms with Crippen LogP contribution < -0.4 is 9.46 Å². The Hall–Kier alpha value is -1.56. The van der Waals surface area contributed by atoms with Crippen LogP contribution in [0.5, 0.6) is 5.75 Å². The zero-order chi connectivity index (χ0) is 17.2. The summed E-state index contributed by atoms with van der Waals surface area (Å²) in [5, 5.41) is 0.295. The van der Waals surface area contributed by atoms with Crippen LogP contribution in [0.1, 0.15) is 36.9 Å². The van der Waals surface area contributed by atoms with Gasteiger partial charge in [-0.05, 0) is 55.5 Å². The molecule has 0 fully saturated rings. The third-order valence-electron chi connectivity index (χ3n) is 4.18. The van der Waals surface area contributed by atoms with E-state index in [2.05, 4.69) is 10.8 Å². The Morgan fingerprint density at radius 2 is 2.04 bits per heavy atom. The van der Waals surface area contributed by atoms with Crippen LogP contribution >= 0.6 is 11.6 Å². The van der Waals surface area contributed by atoms with Gasteiger partial charge in [-0.3, -0.25) is 0 Å². The summed E-state index contributed by atoms with van der Waals surface area (Å²) in [5.41, 5.74) is 2.27. The van der Waals surface area contributed by atoms with Gasteiger partial charge >= 0.3 is 0 Å². The molecule has 1 aliphatic carbocycles. The third-order valence-corrected chi connectivity index (χ3v) is 5.95. The summed E-state index contributed by atoms with van der Waals surface area (Å²) in [4.78, 5) is 0.152. The SMILES string of the molecule is CCOc1ccc(S(=O)(=O)N[C@@H]2CCCc3ccccc32)cc1Cl. The highest BCUT2D eigenvalue weighted by molar-refractivity contribution is 7.89. The number of halogens is 1. The van der Waals surface area contributed by atoms with Crippen molar-refractivity contribution in [3.8, 4) is 5.75 Å². The van der Waals surface area contributed by atoms with Crippen LogP contribution in [0.3, 0.4) is 0 Å². The standard InChI is InChI=1S/C18H20ClNO3S/c1-2-23-18-11-10-14(12-16(18)19)24(21,22)20-17-9-5-7-13-6-3-4-8-15(13)17/h3-4,6,8,10-12,17,20H,2,5,7,9H2,1H3/t17-/m1/s1. The van der Waals surface area contributed by atoms with E-state index in [0.29, 0.717) is 17.4 Å². The lowest BCUT2D eigenvalue weighted by Gasteiger charge is -2.26. The molecule has 0 aromatic heterocycles. The summed E-state index contributed by atoms with van der Waals surface area (Å²) in [5.74, 6) is 0.487. The first kappa shape index (κ1) is 17.3. The van der Waals surface area contributed by atoms with Crippen molar-refractivity contribution in [3.05, 3.63) is 58.6 Å². The first-order valence-corrected chi connectivity index (χ1v) is 9.90. The number of fused-ring (bicyclic) bond motifs is 1. The molecule has 2 aromatic rings. The summed E-state index contributed by atoms with van der Waals surface area (Å²) >= 11 is 6.12. The molecule has 4 nitrogen and oxygen atoms in total. The van der Waals surface area contributed by atoms with Crippen LogP contribution in [-0.4, -0.2) is 15.0 Å². The van der Waals surface area contributed by atoms with Crippen LogP contribution in [0.25, 0.3) is 0 Å². The summed E-state index contributed by atoms with van der Waals surface area (Å²) < 4.78 is 33.6. The lowest BCUT2D eigenvalue weighted by atomic mass is 9.88. The van der Waals surface area contributed by atoms with Crippen LogP contribution in [0.4, 0.5) is 0 Å². The number of aryl methyl sites for hydroxylation is 1. The van der Waals surface area contributed by atoms with Gasteiger partial charge in [0.1, 0.15) is 5.75 Å². The highest BCUT2D eigenvalue weighted by atomic mass is 35.5. The predicted molar refractivity (Wildman–Crippen MR) is 95.1 cm³/mol. The maximum absolute atomic E-state index is 12.7. The molecule has 0 spiro atoms. The Labute approximate surface area is 147 Å². The summed E-state index contributed by atoms with van der Waals surface area (Å²) in [6.07, 6.45) is 2.75. The minimum absolute atomic E-state index is 0.152.